The van der Waals surface area contributed by atoms with E-state index in [2.05, 4.69) is 9.30 Å². The summed E-state index contributed by atoms with van der Waals surface area (Å²) in [5.41, 5.74) is 3.90. The van der Waals surface area contributed by atoms with E-state index >= 15 is 0 Å². The van der Waals surface area contributed by atoms with Crippen molar-refractivity contribution in [1.29, 1.82) is 0 Å². The van der Waals surface area contributed by atoms with E-state index in [1.807, 2.05) is 36.1 Å². The molecule has 5 heterocycles. The first-order valence-corrected chi connectivity index (χ1v) is 19.1. The van der Waals surface area contributed by atoms with Crippen LogP contribution < -0.4 is 5.56 Å². The molecule has 11 nitrogen and oxygen atoms in total. The minimum Gasteiger partial charge on any atom is -0.458 e. The Morgan fingerprint density at radius 3 is 2.42 bits per heavy atom. The minimum absolute atomic E-state index is 0.0607. The highest BCUT2D eigenvalue weighted by Gasteiger charge is 2.45. The van der Waals surface area contributed by atoms with Crippen molar-refractivity contribution >= 4 is 32.7 Å². The van der Waals surface area contributed by atoms with E-state index in [9.17, 15) is 27.5 Å². The molecule has 2 aromatic heterocycles. The van der Waals surface area contributed by atoms with Crippen LogP contribution in [0.15, 0.2) is 93.0 Å². The lowest BCUT2D eigenvalue weighted by molar-refractivity contribution is -0.172. The summed E-state index contributed by atoms with van der Waals surface area (Å²) in [6.45, 7) is 6.41. The zero-order valence-corrected chi connectivity index (χ0v) is 30.2. The van der Waals surface area contributed by atoms with Gasteiger partial charge in [0.2, 0.25) is 0 Å². The average molecular weight is 736 g/mol. The fourth-order valence-corrected chi connectivity index (χ4v) is 8.61. The number of benzene rings is 3. The molecular weight excluding hydrogens is 698 g/mol. The van der Waals surface area contributed by atoms with Gasteiger partial charge in [0.05, 0.1) is 33.9 Å². The number of rotatable bonds is 7. The summed E-state index contributed by atoms with van der Waals surface area (Å²) in [6, 6.07) is 22.1. The highest BCUT2D eigenvalue weighted by atomic mass is 32.2. The Kier molecular flexibility index (Phi) is 8.75. The van der Waals surface area contributed by atoms with Gasteiger partial charge in [0, 0.05) is 55.7 Å². The molecule has 0 saturated carbocycles. The minimum atomic E-state index is -4.01. The van der Waals surface area contributed by atoms with Crippen molar-refractivity contribution in [2.24, 2.45) is 4.40 Å². The monoisotopic (exact) mass is 735 g/mol. The second-order valence-electron chi connectivity index (χ2n) is 13.9. The van der Waals surface area contributed by atoms with Crippen molar-refractivity contribution < 1.29 is 27.4 Å². The number of esters is 1. The van der Waals surface area contributed by atoms with Crippen LogP contribution in [0.4, 0.5) is 4.39 Å². The van der Waals surface area contributed by atoms with Gasteiger partial charge in [0.25, 0.3) is 15.6 Å². The predicted molar refractivity (Wildman–Crippen MR) is 197 cm³/mol. The number of aryl methyl sites for hydroxylation is 1. The summed E-state index contributed by atoms with van der Waals surface area (Å²) in [4.78, 5) is 35.9. The fraction of sp³-hybridized carbons (Fsp3) is 0.300. The van der Waals surface area contributed by atoms with Gasteiger partial charge in [-0.3, -0.25) is 9.69 Å². The Morgan fingerprint density at radius 1 is 0.981 bits per heavy atom. The number of halogens is 1. The molecule has 1 saturated heterocycles. The molecule has 8 rings (SSSR count). The molecule has 1 atom stereocenters. The molecule has 3 aliphatic rings. The SMILES string of the molecule is CC[C@@]1(O)C(=O)OCc2c1cc1n(c2=O)Cc2c-1nc1ccccc1c2CN1CCN(/C(Cc2ccc(F)cc2)=N\S(=O)(=O)c2ccc(C)cc2)CC1. The Balaban J connectivity index is 1.10. The van der Waals surface area contributed by atoms with E-state index in [1.54, 1.807) is 54.0 Å². The largest absolute Gasteiger partial charge is 0.458 e. The molecule has 1 N–H and O–H groups in total. The van der Waals surface area contributed by atoms with Crippen molar-refractivity contribution in [3.8, 4) is 11.4 Å². The summed E-state index contributed by atoms with van der Waals surface area (Å²) in [5, 5.41) is 12.3. The van der Waals surface area contributed by atoms with Gasteiger partial charge >= 0.3 is 5.97 Å². The normalized spacial score (nSPS) is 18.8. The number of hydrogen-bond acceptors (Lipinski definition) is 8. The van der Waals surface area contributed by atoms with Gasteiger partial charge in [-0.25, -0.2) is 14.2 Å². The first kappa shape index (κ1) is 34.8. The van der Waals surface area contributed by atoms with Crippen LogP contribution in [0.3, 0.4) is 0 Å². The van der Waals surface area contributed by atoms with Crippen LogP contribution in [-0.2, 0) is 51.3 Å². The van der Waals surface area contributed by atoms with Gasteiger partial charge in [0.15, 0.2) is 5.60 Å². The predicted octanol–water partition coefficient (Wildman–Crippen LogP) is 4.67. The number of hydrogen-bond donors (Lipinski definition) is 1. The van der Waals surface area contributed by atoms with Gasteiger partial charge in [-0.05, 0) is 60.9 Å². The first-order chi connectivity index (χ1) is 25.4. The van der Waals surface area contributed by atoms with Gasteiger partial charge in [-0.1, -0.05) is 55.0 Å². The van der Waals surface area contributed by atoms with Gasteiger partial charge < -0.3 is 19.3 Å². The molecule has 0 amide bonds. The number of nitrogens with zero attached hydrogens (tertiary/aromatic N) is 5. The molecule has 0 aliphatic carbocycles. The van der Waals surface area contributed by atoms with Crippen molar-refractivity contribution in [3.63, 3.8) is 0 Å². The topological polar surface area (TPSA) is 134 Å². The van der Waals surface area contributed by atoms with Crippen LogP contribution in [0.5, 0.6) is 0 Å². The number of cyclic esters (lactones) is 1. The summed E-state index contributed by atoms with van der Waals surface area (Å²) >= 11 is 0. The number of aromatic nitrogens is 2. The summed E-state index contributed by atoms with van der Waals surface area (Å²) in [5.74, 6) is -0.747. The molecule has 13 heteroatoms. The number of fused-ring (bicyclic) bond motifs is 5. The van der Waals surface area contributed by atoms with E-state index in [1.165, 1.54) is 12.1 Å². The van der Waals surface area contributed by atoms with Gasteiger partial charge in [-0.15, -0.1) is 4.40 Å². The highest BCUT2D eigenvalue weighted by molar-refractivity contribution is 7.90. The van der Waals surface area contributed by atoms with E-state index in [4.69, 9.17) is 9.72 Å². The number of para-hydroxylation sites is 1. The number of aliphatic hydroxyl groups is 1. The molecular formula is C40H38FN5O6S. The molecule has 0 bridgehead atoms. The number of carbonyl (C=O) groups is 1. The summed E-state index contributed by atoms with van der Waals surface area (Å²) in [7, 11) is -4.01. The van der Waals surface area contributed by atoms with Crippen molar-refractivity contribution in [2.75, 3.05) is 26.2 Å². The molecule has 3 aliphatic heterocycles. The summed E-state index contributed by atoms with van der Waals surface area (Å²) < 4.78 is 52.0. The lowest BCUT2D eigenvalue weighted by atomic mass is 9.86. The zero-order chi connectivity index (χ0) is 37.1. The number of sulfonamides is 1. The van der Waals surface area contributed by atoms with E-state index in [0.29, 0.717) is 49.9 Å². The third-order valence-electron chi connectivity index (χ3n) is 10.7. The van der Waals surface area contributed by atoms with Crippen LogP contribution >= 0.6 is 0 Å². The smallest absolute Gasteiger partial charge is 0.343 e. The second kappa shape index (κ2) is 13.3. The van der Waals surface area contributed by atoms with Crippen molar-refractivity contribution in [3.05, 3.63) is 128 Å². The highest BCUT2D eigenvalue weighted by Crippen LogP contribution is 2.40. The Morgan fingerprint density at radius 2 is 1.70 bits per heavy atom. The van der Waals surface area contributed by atoms with E-state index in [-0.39, 0.29) is 53.4 Å². The van der Waals surface area contributed by atoms with E-state index in [0.717, 1.165) is 33.2 Å². The number of carbonyl (C=O) groups excluding carboxylic acids is 1. The van der Waals surface area contributed by atoms with E-state index < -0.39 is 21.6 Å². The number of pyridine rings is 2. The lowest BCUT2D eigenvalue weighted by Gasteiger charge is -2.37. The third kappa shape index (κ3) is 6.22. The third-order valence-corrected chi connectivity index (χ3v) is 12.0. The van der Waals surface area contributed by atoms with Crippen LogP contribution in [0.1, 0.15) is 46.7 Å². The maximum Gasteiger partial charge on any atom is 0.343 e. The maximum atomic E-state index is 13.9. The Hall–Kier alpha value is -5.24. The first-order valence-electron chi connectivity index (χ1n) is 17.6. The number of amidine groups is 1. The molecule has 0 unspecified atom stereocenters. The summed E-state index contributed by atoms with van der Waals surface area (Å²) in [6.07, 6.45) is 0.278. The Bertz CT molecular complexity index is 2480. The van der Waals surface area contributed by atoms with Crippen LogP contribution in [0.25, 0.3) is 22.3 Å². The molecule has 0 radical (unpaired) electrons. The fourth-order valence-electron chi connectivity index (χ4n) is 7.57. The standard InChI is InChI=1S/C40H38FN5O6S/c1-3-40(49)33-21-35-37-31(23-46(35)38(47)32(33)24-52-39(40)48)30(29-6-4-5-7-34(29)42-37)22-44-16-18-45(19-17-44)36(20-26-10-12-27(41)13-11-26)43-53(50,51)28-14-8-25(2)9-15-28/h4-15,21,49H,3,16-20,22-24H2,1-2H3/b43-36-/t40-/m0/s1. The van der Waals surface area contributed by atoms with Crippen LogP contribution in [0.2, 0.25) is 0 Å². The molecule has 0 spiro atoms. The van der Waals surface area contributed by atoms with Gasteiger partial charge in [-0.2, -0.15) is 8.42 Å². The van der Waals surface area contributed by atoms with Crippen molar-refractivity contribution in [2.45, 2.75) is 56.9 Å². The lowest BCUT2D eigenvalue weighted by Crippen LogP contribution is -2.49. The molecule has 272 valence electrons. The molecule has 1 fully saturated rings. The molecule has 53 heavy (non-hydrogen) atoms. The Labute approximate surface area is 306 Å². The molecule has 3 aromatic carbocycles. The quantitative estimate of drug-likeness (QED) is 0.141. The number of piperazine rings is 1. The second-order valence-corrected chi connectivity index (χ2v) is 15.5. The van der Waals surface area contributed by atoms with Crippen molar-refractivity contribution in [1.82, 2.24) is 19.4 Å². The average Bonchev–Trinajstić information content (AvgIpc) is 3.53. The maximum absolute atomic E-state index is 13.9. The van der Waals surface area contributed by atoms with Crippen LogP contribution in [-0.4, -0.2) is 70.9 Å². The van der Waals surface area contributed by atoms with Crippen LogP contribution in [0, 0.1) is 12.7 Å². The number of ether oxygens (including phenoxy) is 1. The zero-order valence-electron chi connectivity index (χ0n) is 29.4. The van der Waals surface area contributed by atoms with Gasteiger partial charge in [0.1, 0.15) is 18.3 Å². The molecule has 5 aromatic rings.